The first-order chi connectivity index (χ1) is 6.07. The van der Waals surface area contributed by atoms with Crippen LogP contribution >= 0.6 is 15.9 Å². The summed E-state index contributed by atoms with van der Waals surface area (Å²) in [5.74, 6) is -0.378. The summed E-state index contributed by atoms with van der Waals surface area (Å²) < 4.78 is 5.23. The SMILES string of the molecule is COC(=O)c1c(C)ccc(N)c1Br. The first-order valence-corrected chi connectivity index (χ1v) is 4.50. The second-order valence-electron chi connectivity index (χ2n) is 2.65. The highest BCUT2D eigenvalue weighted by atomic mass is 79.9. The molecular weight excluding hydrogens is 234 g/mol. The third-order valence-electron chi connectivity index (χ3n) is 1.77. The Morgan fingerprint density at radius 1 is 1.54 bits per heavy atom. The number of methoxy groups -OCH3 is 1. The van der Waals surface area contributed by atoms with Gasteiger partial charge in [0.2, 0.25) is 0 Å². The van der Waals surface area contributed by atoms with E-state index < -0.39 is 0 Å². The minimum absolute atomic E-state index is 0.378. The third kappa shape index (κ3) is 1.83. The molecule has 1 rings (SSSR count). The number of rotatable bonds is 1. The Hall–Kier alpha value is -1.03. The van der Waals surface area contributed by atoms with Gasteiger partial charge >= 0.3 is 5.97 Å². The summed E-state index contributed by atoms with van der Waals surface area (Å²) in [5, 5.41) is 0. The standard InChI is InChI=1S/C9H10BrNO2/c1-5-3-4-6(11)8(10)7(5)9(12)13-2/h3-4H,11H2,1-2H3. The van der Waals surface area contributed by atoms with Gasteiger partial charge in [-0.2, -0.15) is 0 Å². The summed E-state index contributed by atoms with van der Waals surface area (Å²) in [5.41, 5.74) is 7.49. The van der Waals surface area contributed by atoms with Gasteiger partial charge in [-0.05, 0) is 34.5 Å². The van der Waals surface area contributed by atoms with E-state index in [1.54, 1.807) is 12.1 Å². The number of nitrogens with two attached hydrogens (primary N) is 1. The number of carbonyl (C=O) groups excluding carboxylic acids is 1. The molecule has 1 aromatic rings. The fraction of sp³-hybridized carbons (Fsp3) is 0.222. The topological polar surface area (TPSA) is 52.3 Å². The van der Waals surface area contributed by atoms with Gasteiger partial charge in [0.15, 0.2) is 0 Å². The number of benzene rings is 1. The lowest BCUT2D eigenvalue weighted by Crippen LogP contribution is -2.06. The van der Waals surface area contributed by atoms with Gasteiger partial charge in [-0.3, -0.25) is 0 Å². The van der Waals surface area contributed by atoms with Gasteiger partial charge in [0.1, 0.15) is 0 Å². The zero-order chi connectivity index (χ0) is 10.0. The predicted molar refractivity (Wildman–Crippen MR) is 54.6 cm³/mol. The molecule has 13 heavy (non-hydrogen) atoms. The van der Waals surface area contributed by atoms with Crippen molar-refractivity contribution in [3.8, 4) is 0 Å². The Balaban J connectivity index is 3.33. The summed E-state index contributed by atoms with van der Waals surface area (Å²) in [7, 11) is 1.34. The average Bonchev–Trinajstić information content (AvgIpc) is 2.12. The van der Waals surface area contributed by atoms with Crippen molar-refractivity contribution in [2.75, 3.05) is 12.8 Å². The van der Waals surface area contributed by atoms with Gasteiger partial charge in [0, 0.05) is 5.69 Å². The number of esters is 1. The molecule has 0 aromatic heterocycles. The van der Waals surface area contributed by atoms with E-state index in [1.165, 1.54) is 7.11 Å². The van der Waals surface area contributed by atoms with Crippen molar-refractivity contribution >= 4 is 27.6 Å². The summed E-state index contributed by atoms with van der Waals surface area (Å²) >= 11 is 3.25. The van der Waals surface area contributed by atoms with Crippen molar-refractivity contribution in [3.05, 3.63) is 27.7 Å². The quantitative estimate of drug-likeness (QED) is 0.608. The largest absolute Gasteiger partial charge is 0.465 e. The van der Waals surface area contributed by atoms with Crippen LogP contribution in [0.25, 0.3) is 0 Å². The van der Waals surface area contributed by atoms with Gasteiger partial charge in [-0.15, -0.1) is 0 Å². The predicted octanol–water partition coefficient (Wildman–Crippen LogP) is 2.13. The van der Waals surface area contributed by atoms with Crippen molar-refractivity contribution in [2.45, 2.75) is 6.92 Å². The number of ether oxygens (including phenoxy) is 1. The van der Waals surface area contributed by atoms with E-state index in [-0.39, 0.29) is 5.97 Å². The number of nitrogen functional groups attached to an aromatic ring is 1. The van der Waals surface area contributed by atoms with E-state index in [9.17, 15) is 4.79 Å². The number of hydrogen-bond acceptors (Lipinski definition) is 3. The molecule has 0 unspecified atom stereocenters. The van der Waals surface area contributed by atoms with Crippen molar-refractivity contribution in [2.24, 2.45) is 0 Å². The van der Waals surface area contributed by atoms with Crippen LogP contribution in [-0.4, -0.2) is 13.1 Å². The molecule has 0 fully saturated rings. The van der Waals surface area contributed by atoms with Gasteiger partial charge in [-0.25, -0.2) is 4.79 Å². The van der Waals surface area contributed by atoms with Crippen LogP contribution in [0.3, 0.4) is 0 Å². The van der Waals surface area contributed by atoms with E-state index in [2.05, 4.69) is 20.7 Å². The van der Waals surface area contributed by atoms with Crippen molar-refractivity contribution in [1.82, 2.24) is 0 Å². The van der Waals surface area contributed by atoms with E-state index in [0.29, 0.717) is 15.7 Å². The average molecular weight is 244 g/mol. The molecule has 70 valence electrons. The summed E-state index contributed by atoms with van der Waals surface area (Å²) in [6.07, 6.45) is 0. The lowest BCUT2D eigenvalue weighted by molar-refractivity contribution is 0.0599. The number of halogens is 1. The van der Waals surface area contributed by atoms with Gasteiger partial charge in [0.25, 0.3) is 0 Å². The summed E-state index contributed by atoms with van der Waals surface area (Å²) in [6.45, 7) is 1.83. The van der Waals surface area contributed by atoms with E-state index in [4.69, 9.17) is 5.73 Å². The molecule has 3 nitrogen and oxygen atoms in total. The molecular formula is C9H10BrNO2. The van der Waals surface area contributed by atoms with Crippen LogP contribution in [-0.2, 0) is 4.74 Å². The second kappa shape index (κ2) is 3.79. The maximum atomic E-state index is 11.3. The molecule has 0 aliphatic rings. The molecule has 0 spiro atoms. The van der Waals surface area contributed by atoms with Crippen LogP contribution < -0.4 is 5.73 Å². The molecule has 2 N–H and O–H groups in total. The van der Waals surface area contributed by atoms with Crippen LogP contribution in [0.1, 0.15) is 15.9 Å². The molecule has 0 radical (unpaired) electrons. The zero-order valence-electron chi connectivity index (χ0n) is 7.43. The fourth-order valence-electron chi connectivity index (χ4n) is 1.04. The molecule has 1 aromatic carbocycles. The fourth-order valence-corrected chi connectivity index (χ4v) is 1.65. The Morgan fingerprint density at radius 3 is 2.69 bits per heavy atom. The van der Waals surface area contributed by atoms with Crippen LogP contribution in [0.5, 0.6) is 0 Å². The van der Waals surface area contributed by atoms with Crippen molar-refractivity contribution in [1.29, 1.82) is 0 Å². The van der Waals surface area contributed by atoms with Crippen molar-refractivity contribution < 1.29 is 9.53 Å². The molecule has 0 saturated heterocycles. The highest BCUT2D eigenvalue weighted by Gasteiger charge is 2.14. The smallest absolute Gasteiger partial charge is 0.339 e. The maximum Gasteiger partial charge on any atom is 0.339 e. The maximum absolute atomic E-state index is 11.3. The van der Waals surface area contributed by atoms with Crippen LogP contribution in [0.4, 0.5) is 5.69 Å². The number of anilines is 1. The van der Waals surface area contributed by atoms with Gasteiger partial charge in [0.05, 0.1) is 17.1 Å². The van der Waals surface area contributed by atoms with E-state index in [1.807, 2.05) is 6.92 Å². The molecule has 0 heterocycles. The van der Waals surface area contributed by atoms with E-state index >= 15 is 0 Å². The molecule has 0 aliphatic heterocycles. The normalized spacial score (nSPS) is 9.77. The lowest BCUT2D eigenvalue weighted by atomic mass is 10.1. The lowest BCUT2D eigenvalue weighted by Gasteiger charge is -2.07. The highest BCUT2D eigenvalue weighted by Crippen LogP contribution is 2.27. The Kier molecular flexibility index (Phi) is 2.93. The van der Waals surface area contributed by atoms with E-state index in [0.717, 1.165) is 5.56 Å². The van der Waals surface area contributed by atoms with Crippen LogP contribution in [0, 0.1) is 6.92 Å². The number of aryl methyl sites for hydroxylation is 1. The molecule has 0 amide bonds. The Labute approximate surface area is 85.0 Å². The minimum atomic E-state index is -0.378. The minimum Gasteiger partial charge on any atom is -0.465 e. The van der Waals surface area contributed by atoms with Gasteiger partial charge in [-0.1, -0.05) is 6.07 Å². The second-order valence-corrected chi connectivity index (χ2v) is 3.45. The van der Waals surface area contributed by atoms with Crippen LogP contribution in [0.2, 0.25) is 0 Å². The highest BCUT2D eigenvalue weighted by molar-refractivity contribution is 9.10. The molecule has 0 atom stereocenters. The monoisotopic (exact) mass is 243 g/mol. The molecule has 0 saturated carbocycles. The number of hydrogen-bond donors (Lipinski definition) is 1. The first-order valence-electron chi connectivity index (χ1n) is 3.70. The van der Waals surface area contributed by atoms with Crippen LogP contribution in [0.15, 0.2) is 16.6 Å². The summed E-state index contributed by atoms with van der Waals surface area (Å²) in [4.78, 5) is 11.3. The van der Waals surface area contributed by atoms with Gasteiger partial charge < -0.3 is 10.5 Å². The van der Waals surface area contributed by atoms with Crippen molar-refractivity contribution in [3.63, 3.8) is 0 Å². The number of carbonyl (C=O) groups is 1. The zero-order valence-corrected chi connectivity index (χ0v) is 9.01. The molecule has 4 heteroatoms. The first kappa shape index (κ1) is 10.1. The Bertz CT molecular complexity index is 350. The molecule has 0 bridgehead atoms. The Morgan fingerprint density at radius 2 is 2.15 bits per heavy atom. The molecule has 0 aliphatic carbocycles. The third-order valence-corrected chi connectivity index (χ3v) is 2.62. The summed E-state index contributed by atoms with van der Waals surface area (Å²) in [6, 6.07) is 3.53.